The molecule has 0 bridgehead atoms. The van der Waals surface area contributed by atoms with Gasteiger partial charge in [-0.15, -0.1) is 0 Å². The van der Waals surface area contributed by atoms with E-state index in [0.29, 0.717) is 6.04 Å². The van der Waals surface area contributed by atoms with Crippen LogP contribution in [0.4, 0.5) is 0 Å². The predicted molar refractivity (Wildman–Crippen MR) is 44.6 cm³/mol. The van der Waals surface area contributed by atoms with Gasteiger partial charge in [-0.3, -0.25) is 4.79 Å². The van der Waals surface area contributed by atoms with Gasteiger partial charge in [0.2, 0.25) is 0 Å². The third-order valence-electron chi connectivity index (χ3n) is 1.89. The van der Waals surface area contributed by atoms with Crippen LogP contribution in [0.3, 0.4) is 0 Å². The van der Waals surface area contributed by atoms with Crippen LogP contribution >= 0.6 is 0 Å². The van der Waals surface area contributed by atoms with E-state index in [1.54, 1.807) is 0 Å². The van der Waals surface area contributed by atoms with Gasteiger partial charge < -0.3 is 10.0 Å². The number of rotatable bonds is 5. The van der Waals surface area contributed by atoms with Gasteiger partial charge in [-0.05, 0) is 33.9 Å². The lowest BCUT2D eigenvalue weighted by atomic mass is 10.1. The molecule has 11 heavy (non-hydrogen) atoms. The van der Waals surface area contributed by atoms with E-state index in [0.717, 1.165) is 12.8 Å². The predicted octanol–water partition coefficient (Wildman–Crippen LogP) is 1.19. The Hall–Kier alpha value is -0.570. The van der Waals surface area contributed by atoms with Crippen LogP contribution in [-0.4, -0.2) is 36.1 Å². The average molecular weight is 159 g/mol. The highest BCUT2D eigenvalue weighted by Gasteiger charge is 2.04. The van der Waals surface area contributed by atoms with E-state index in [9.17, 15) is 4.79 Å². The highest BCUT2D eigenvalue weighted by molar-refractivity contribution is 5.66. The first-order chi connectivity index (χ1) is 5.04. The van der Waals surface area contributed by atoms with Crippen LogP contribution in [0.2, 0.25) is 0 Å². The highest BCUT2D eigenvalue weighted by Crippen LogP contribution is 2.04. The van der Waals surface area contributed by atoms with E-state index in [2.05, 4.69) is 11.8 Å². The van der Waals surface area contributed by atoms with Crippen molar-refractivity contribution in [2.24, 2.45) is 0 Å². The number of aliphatic carboxylic acids is 1. The molecule has 1 atom stereocenters. The zero-order chi connectivity index (χ0) is 8.85. The number of carbonyl (C=O) groups is 1. The first-order valence-corrected chi connectivity index (χ1v) is 3.92. The maximum atomic E-state index is 10.1. The molecule has 3 heteroatoms. The maximum Gasteiger partial charge on any atom is 0.303 e. The number of hydrogen-bond acceptors (Lipinski definition) is 2. The Labute approximate surface area is 68.0 Å². The second-order valence-corrected chi connectivity index (χ2v) is 3.10. The molecular weight excluding hydrogens is 142 g/mol. The van der Waals surface area contributed by atoms with E-state index < -0.39 is 5.97 Å². The molecular formula is C8H17NO2. The normalized spacial score (nSPS) is 13.5. The van der Waals surface area contributed by atoms with Gasteiger partial charge in [-0.2, -0.15) is 0 Å². The number of nitrogens with zero attached hydrogens (tertiary/aromatic N) is 1. The van der Waals surface area contributed by atoms with Crippen LogP contribution in [0.5, 0.6) is 0 Å². The van der Waals surface area contributed by atoms with E-state index in [1.807, 2.05) is 14.1 Å². The fourth-order valence-corrected chi connectivity index (χ4v) is 0.807. The van der Waals surface area contributed by atoms with Crippen LogP contribution in [0.25, 0.3) is 0 Å². The quantitative estimate of drug-likeness (QED) is 0.655. The molecule has 0 heterocycles. The van der Waals surface area contributed by atoms with Crippen LogP contribution in [0.1, 0.15) is 26.2 Å². The second-order valence-electron chi connectivity index (χ2n) is 3.10. The topological polar surface area (TPSA) is 40.5 Å². The van der Waals surface area contributed by atoms with Gasteiger partial charge in [0.25, 0.3) is 0 Å². The summed E-state index contributed by atoms with van der Waals surface area (Å²) in [4.78, 5) is 12.2. The summed E-state index contributed by atoms with van der Waals surface area (Å²) < 4.78 is 0. The van der Waals surface area contributed by atoms with Crippen molar-refractivity contribution in [2.75, 3.05) is 14.1 Å². The summed E-state index contributed by atoms with van der Waals surface area (Å²) >= 11 is 0. The summed E-state index contributed by atoms with van der Waals surface area (Å²) in [6.07, 6.45) is 2.02. The van der Waals surface area contributed by atoms with Crippen LogP contribution in [0, 0.1) is 0 Å². The number of hydrogen-bond donors (Lipinski definition) is 1. The third kappa shape index (κ3) is 5.85. The highest BCUT2D eigenvalue weighted by atomic mass is 16.4. The zero-order valence-electron chi connectivity index (χ0n) is 7.50. The van der Waals surface area contributed by atoms with Crippen molar-refractivity contribution in [3.05, 3.63) is 0 Å². The molecule has 0 aliphatic carbocycles. The molecule has 3 nitrogen and oxygen atoms in total. The number of carboxylic acid groups (broad SMARTS) is 1. The molecule has 0 saturated heterocycles. The van der Waals surface area contributed by atoms with Crippen molar-refractivity contribution in [2.45, 2.75) is 32.2 Å². The van der Waals surface area contributed by atoms with Gasteiger partial charge in [-0.1, -0.05) is 0 Å². The lowest BCUT2D eigenvalue weighted by Crippen LogP contribution is -2.24. The molecule has 1 unspecified atom stereocenters. The molecule has 0 aromatic heterocycles. The van der Waals surface area contributed by atoms with Gasteiger partial charge in [0.1, 0.15) is 0 Å². The Morgan fingerprint density at radius 2 is 2.09 bits per heavy atom. The number of carboxylic acids is 1. The minimum absolute atomic E-state index is 0.290. The second kappa shape index (κ2) is 5.13. The summed E-state index contributed by atoms with van der Waals surface area (Å²) in [5.41, 5.74) is 0. The van der Waals surface area contributed by atoms with Crippen LogP contribution < -0.4 is 0 Å². The van der Waals surface area contributed by atoms with Crippen molar-refractivity contribution < 1.29 is 9.90 Å². The summed E-state index contributed by atoms with van der Waals surface area (Å²) in [7, 11) is 4.01. The Bertz CT molecular complexity index is 123. The Balaban J connectivity index is 3.31. The minimum Gasteiger partial charge on any atom is -0.481 e. The molecule has 0 saturated carbocycles. The maximum absolute atomic E-state index is 10.1. The summed E-state index contributed by atoms with van der Waals surface area (Å²) in [5, 5.41) is 8.35. The molecule has 0 aromatic rings. The third-order valence-corrected chi connectivity index (χ3v) is 1.89. The molecule has 0 amide bonds. The molecule has 66 valence electrons. The smallest absolute Gasteiger partial charge is 0.303 e. The van der Waals surface area contributed by atoms with E-state index >= 15 is 0 Å². The molecule has 0 aliphatic heterocycles. The molecule has 0 rings (SSSR count). The van der Waals surface area contributed by atoms with E-state index in [4.69, 9.17) is 5.11 Å². The van der Waals surface area contributed by atoms with Crippen molar-refractivity contribution in [1.82, 2.24) is 4.90 Å². The lowest BCUT2D eigenvalue weighted by molar-refractivity contribution is -0.137. The monoisotopic (exact) mass is 159 g/mol. The molecule has 0 spiro atoms. The molecule has 0 radical (unpaired) electrons. The summed E-state index contributed by atoms with van der Waals surface area (Å²) in [6.45, 7) is 2.10. The summed E-state index contributed by atoms with van der Waals surface area (Å²) in [5.74, 6) is -0.698. The average Bonchev–Trinajstić information content (AvgIpc) is 1.86. The zero-order valence-corrected chi connectivity index (χ0v) is 7.50. The molecule has 1 N–H and O–H groups in total. The Kier molecular flexibility index (Phi) is 4.86. The van der Waals surface area contributed by atoms with E-state index in [-0.39, 0.29) is 6.42 Å². The molecule has 0 fully saturated rings. The largest absolute Gasteiger partial charge is 0.481 e. The van der Waals surface area contributed by atoms with Crippen LogP contribution in [-0.2, 0) is 4.79 Å². The van der Waals surface area contributed by atoms with Crippen molar-refractivity contribution in [3.63, 3.8) is 0 Å². The molecule has 0 aliphatic rings. The van der Waals surface area contributed by atoms with Gasteiger partial charge in [0.05, 0.1) is 0 Å². The fourth-order valence-electron chi connectivity index (χ4n) is 0.807. The first-order valence-electron chi connectivity index (χ1n) is 3.92. The van der Waals surface area contributed by atoms with Gasteiger partial charge in [-0.25, -0.2) is 0 Å². The van der Waals surface area contributed by atoms with Crippen molar-refractivity contribution in [3.8, 4) is 0 Å². The standard InChI is InChI=1S/C8H17NO2/c1-7(9(2)3)5-4-6-8(10)11/h7H,4-6H2,1-3H3,(H,10,11). The van der Waals surface area contributed by atoms with Crippen LogP contribution in [0.15, 0.2) is 0 Å². The van der Waals surface area contributed by atoms with Gasteiger partial charge in [0.15, 0.2) is 0 Å². The Morgan fingerprint density at radius 3 is 2.45 bits per heavy atom. The van der Waals surface area contributed by atoms with Gasteiger partial charge in [0, 0.05) is 12.5 Å². The fraction of sp³-hybridized carbons (Fsp3) is 0.875. The first kappa shape index (κ1) is 10.4. The molecule has 0 aromatic carbocycles. The lowest BCUT2D eigenvalue weighted by Gasteiger charge is -2.18. The van der Waals surface area contributed by atoms with E-state index in [1.165, 1.54) is 0 Å². The SMILES string of the molecule is CC(CCCC(=O)O)N(C)C. The van der Waals surface area contributed by atoms with Gasteiger partial charge >= 0.3 is 5.97 Å². The minimum atomic E-state index is -0.698. The Morgan fingerprint density at radius 1 is 1.55 bits per heavy atom. The van der Waals surface area contributed by atoms with Crippen molar-refractivity contribution >= 4 is 5.97 Å². The van der Waals surface area contributed by atoms with Crippen molar-refractivity contribution in [1.29, 1.82) is 0 Å². The summed E-state index contributed by atoms with van der Waals surface area (Å²) in [6, 6.07) is 0.481.